The van der Waals surface area contributed by atoms with Gasteiger partial charge >= 0.3 is 0 Å². The number of nitrogens with one attached hydrogen (secondary N) is 5. The molecular formula is C30H37N7O7S. The molecule has 3 aromatic rings. The Labute approximate surface area is 263 Å². The summed E-state index contributed by atoms with van der Waals surface area (Å²) in [7, 11) is 0. The van der Waals surface area contributed by atoms with Crippen molar-refractivity contribution in [1.82, 2.24) is 26.3 Å². The van der Waals surface area contributed by atoms with Gasteiger partial charge in [0, 0.05) is 19.0 Å². The van der Waals surface area contributed by atoms with Crippen molar-refractivity contribution in [1.29, 1.82) is 0 Å². The van der Waals surface area contributed by atoms with Gasteiger partial charge in [-0.3, -0.25) is 24.0 Å². The topological polar surface area (TPSA) is 225 Å². The van der Waals surface area contributed by atoms with Crippen LogP contribution in [0.1, 0.15) is 29.9 Å². The van der Waals surface area contributed by atoms with Crippen molar-refractivity contribution < 1.29 is 34.2 Å². The molecule has 2 aromatic carbocycles. The number of aromatic hydroxyl groups is 1. The Hall–Kier alpha value is -5.02. The summed E-state index contributed by atoms with van der Waals surface area (Å²) in [5.74, 6) is -3.19. The van der Waals surface area contributed by atoms with Gasteiger partial charge in [-0.05, 0) is 37.1 Å². The zero-order valence-corrected chi connectivity index (χ0v) is 25.6. The first kappa shape index (κ1) is 34.5. The minimum Gasteiger partial charge on any atom is -0.508 e. The number of hydrogen-bond donors (Lipinski definition) is 8. The Balaban J connectivity index is 1.57. The molecule has 14 nitrogen and oxygen atoms in total. The lowest BCUT2D eigenvalue weighted by atomic mass is 10.0. The maximum absolute atomic E-state index is 13.2. The molecule has 45 heavy (non-hydrogen) atoms. The van der Waals surface area contributed by atoms with Gasteiger partial charge in [0.2, 0.25) is 29.5 Å². The molecular weight excluding hydrogens is 602 g/mol. The highest BCUT2D eigenvalue weighted by atomic mass is 32.1. The van der Waals surface area contributed by atoms with Crippen LogP contribution in [-0.2, 0) is 43.4 Å². The van der Waals surface area contributed by atoms with E-state index in [9.17, 15) is 34.2 Å². The molecule has 0 aliphatic carbocycles. The first-order chi connectivity index (χ1) is 21.4. The predicted octanol–water partition coefficient (Wildman–Crippen LogP) is -0.297. The second-order valence-electron chi connectivity index (χ2n) is 10.2. The number of primary amides is 1. The average molecular weight is 640 g/mol. The molecule has 9 N–H and O–H groups in total. The number of amides is 5. The summed E-state index contributed by atoms with van der Waals surface area (Å²) in [4.78, 5) is 68.2. The van der Waals surface area contributed by atoms with Gasteiger partial charge < -0.3 is 42.5 Å². The number of nitrogens with two attached hydrogens (primary N) is 1. The van der Waals surface area contributed by atoms with Crippen LogP contribution in [0.5, 0.6) is 5.75 Å². The lowest BCUT2D eigenvalue weighted by Gasteiger charge is -2.23. The van der Waals surface area contributed by atoms with Crippen LogP contribution in [0.2, 0.25) is 0 Å². The number of benzene rings is 2. The van der Waals surface area contributed by atoms with Gasteiger partial charge in [-0.15, -0.1) is 0 Å². The zero-order valence-electron chi connectivity index (χ0n) is 24.8. The molecule has 1 heterocycles. The summed E-state index contributed by atoms with van der Waals surface area (Å²) < 4.78 is 0. The van der Waals surface area contributed by atoms with Crippen molar-refractivity contribution in [3.63, 3.8) is 0 Å². The minimum absolute atomic E-state index is 0.0476. The van der Waals surface area contributed by atoms with E-state index in [2.05, 4.69) is 31.6 Å². The van der Waals surface area contributed by atoms with E-state index in [1.807, 2.05) is 6.07 Å². The highest BCUT2D eigenvalue weighted by molar-refractivity contribution is 7.15. The molecule has 5 amide bonds. The van der Waals surface area contributed by atoms with Gasteiger partial charge in [0.1, 0.15) is 29.9 Å². The third-order valence-corrected chi connectivity index (χ3v) is 7.52. The summed E-state index contributed by atoms with van der Waals surface area (Å²) in [5, 5.41) is 32.2. The molecule has 0 fully saturated rings. The summed E-state index contributed by atoms with van der Waals surface area (Å²) in [6.45, 7) is 2.49. The first-order valence-corrected chi connectivity index (χ1v) is 14.9. The molecule has 0 saturated carbocycles. The summed E-state index contributed by atoms with van der Waals surface area (Å²) in [6.07, 6.45) is 1.71. The van der Waals surface area contributed by atoms with Crippen molar-refractivity contribution in [2.24, 2.45) is 5.73 Å². The molecule has 0 unspecified atom stereocenters. The molecule has 0 bridgehead atoms. The number of anilines is 1. The smallest absolute Gasteiger partial charge is 0.243 e. The highest BCUT2D eigenvalue weighted by Gasteiger charge is 2.28. The Kier molecular flexibility index (Phi) is 12.8. The lowest BCUT2D eigenvalue weighted by Crippen LogP contribution is -2.57. The monoisotopic (exact) mass is 639 g/mol. The Morgan fingerprint density at radius 3 is 1.98 bits per heavy atom. The molecule has 0 spiro atoms. The second kappa shape index (κ2) is 16.7. The van der Waals surface area contributed by atoms with Crippen LogP contribution in [0.3, 0.4) is 0 Å². The highest BCUT2D eigenvalue weighted by Crippen LogP contribution is 2.17. The van der Waals surface area contributed by atoms with Crippen LogP contribution in [0, 0.1) is 0 Å². The summed E-state index contributed by atoms with van der Waals surface area (Å²) >= 11 is 1.19. The van der Waals surface area contributed by atoms with Gasteiger partial charge in [-0.2, -0.15) is 0 Å². The minimum atomic E-state index is -1.09. The molecule has 240 valence electrons. The largest absolute Gasteiger partial charge is 0.508 e. The van der Waals surface area contributed by atoms with Crippen LogP contribution in [0.25, 0.3) is 0 Å². The second-order valence-corrected chi connectivity index (χ2v) is 11.4. The van der Waals surface area contributed by atoms with Gasteiger partial charge in [-0.1, -0.05) is 53.8 Å². The number of carbonyl (C=O) groups is 5. The zero-order chi connectivity index (χ0) is 32.9. The average Bonchev–Trinajstić information content (AvgIpc) is 3.49. The van der Waals surface area contributed by atoms with E-state index in [4.69, 9.17) is 5.73 Å². The predicted molar refractivity (Wildman–Crippen MR) is 167 cm³/mol. The molecule has 0 aliphatic rings. The molecule has 0 saturated heterocycles. The summed E-state index contributed by atoms with van der Waals surface area (Å²) in [6, 6.07) is 10.8. The number of phenols is 1. The van der Waals surface area contributed by atoms with E-state index in [1.165, 1.54) is 43.5 Å². The lowest BCUT2D eigenvalue weighted by molar-refractivity contribution is -0.133. The Bertz CT molecular complexity index is 1470. The van der Waals surface area contributed by atoms with Gasteiger partial charge in [-0.25, -0.2) is 4.98 Å². The van der Waals surface area contributed by atoms with Crippen LogP contribution >= 0.6 is 11.3 Å². The fourth-order valence-corrected chi connectivity index (χ4v) is 4.76. The Morgan fingerprint density at radius 2 is 1.38 bits per heavy atom. The number of aliphatic hydroxyl groups is 1. The maximum atomic E-state index is 13.2. The fraction of sp³-hybridized carbons (Fsp3) is 0.333. The standard InChI is InChI=1S/C30H37N7O7S/c1-17(27(42)34-18(2)28(43)37-23(26(31)41)12-20-8-10-21(39)11-9-20)35-29(44)24(13-19-6-4-3-5-7-19)36-25(40)15-33-30-32-14-22(16-38)45-30/h3-11,14,17-18,23-24,38-39H,12-13,15-16H2,1-2H3,(H2,31,41)(H,32,33)(H,34,42)(H,35,44)(H,36,40)(H,37,43)/t17-,18-,23-,24-/m0/s1. The van der Waals surface area contributed by atoms with E-state index in [0.29, 0.717) is 15.6 Å². The van der Waals surface area contributed by atoms with Crippen molar-refractivity contribution >= 4 is 46.0 Å². The third kappa shape index (κ3) is 11.2. The van der Waals surface area contributed by atoms with Crippen LogP contribution < -0.4 is 32.3 Å². The van der Waals surface area contributed by atoms with E-state index >= 15 is 0 Å². The van der Waals surface area contributed by atoms with E-state index in [-0.39, 0.29) is 31.7 Å². The van der Waals surface area contributed by atoms with E-state index in [1.54, 1.807) is 36.4 Å². The van der Waals surface area contributed by atoms with Gasteiger partial charge in [0.05, 0.1) is 18.0 Å². The molecule has 15 heteroatoms. The van der Waals surface area contributed by atoms with Crippen LogP contribution in [0.15, 0.2) is 60.8 Å². The normalized spacial score (nSPS) is 13.4. The number of hydrogen-bond acceptors (Lipinski definition) is 10. The number of aromatic nitrogens is 1. The number of nitrogens with zero attached hydrogens (tertiary/aromatic N) is 1. The molecule has 1 aromatic heterocycles. The van der Waals surface area contributed by atoms with Crippen molar-refractivity contribution in [3.8, 4) is 5.75 Å². The van der Waals surface area contributed by atoms with E-state index < -0.39 is 53.7 Å². The number of phenolic OH excluding ortho intramolecular Hbond substituents is 1. The van der Waals surface area contributed by atoms with E-state index in [0.717, 1.165) is 5.56 Å². The number of thiazole rings is 1. The first-order valence-electron chi connectivity index (χ1n) is 14.1. The molecule has 0 radical (unpaired) electrons. The third-order valence-electron chi connectivity index (χ3n) is 6.58. The molecule has 3 rings (SSSR count). The SMILES string of the molecule is C[C@H](NC(=O)[C@H](C)NC(=O)[C@H](Cc1ccccc1)NC(=O)CNc1ncc(CO)s1)C(=O)N[C@@H](Cc1ccc(O)cc1)C(N)=O. The maximum Gasteiger partial charge on any atom is 0.243 e. The number of aliphatic hydroxyl groups excluding tert-OH is 1. The van der Waals surface area contributed by atoms with Crippen molar-refractivity contribution in [2.45, 2.75) is 57.5 Å². The molecule has 0 aliphatic heterocycles. The Morgan fingerprint density at radius 1 is 0.800 bits per heavy atom. The quantitative estimate of drug-likeness (QED) is 0.103. The van der Waals surface area contributed by atoms with Crippen molar-refractivity contribution in [2.75, 3.05) is 11.9 Å². The van der Waals surface area contributed by atoms with Gasteiger partial charge in [0.15, 0.2) is 5.13 Å². The van der Waals surface area contributed by atoms with Gasteiger partial charge in [0.25, 0.3) is 0 Å². The summed E-state index contributed by atoms with van der Waals surface area (Å²) in [5.41, 5.74) is 6.88. The number of rotatable bonds is 16. The van der Waals surface area contributed by atoms with Crippen LogP contribution in [-0.4, -0.2) is 75.4 Å². The van der Waals surface area contributed by atoms with Crippen molar-refractivity contribution in [3.05, 3.63) is 76.8 Å². The number of carbonyl (C=O) groups excluding carboxylic acids is 5. The fourth-order valence-electron chi connectivity index (χ4n) is 4.09. The molecule has 4 atom stereocenters. The van der Waals surface area contributed by atoms with Crippen LogP contribution in [0.4, 0.5) is 5.13 Å².